The fourth-order valence-corrected chi connectivity index (χ4v) is 2.06. The van der Waals surface area contributed by atoms with E-state index >= 15 is 0 Å². The Morgan fingerprint density at radius 1 is 1.11 bits per heavy atom. The van der Waals surface area contributed by atoms with Gasteiger partial charge in [0, 0.05) is 0 Å². The molecule has 0 saturated carbocycles. The lowest BCUT2D eigenvalue weighted by atomic mass is 10.1. The van der Waals surface area contributed by atoms with E-state index < -0.39 is 6.10 Å². The normalized spacial score (nSPS) is 12.2. The van der Waals surface area contributed by atoms with Gasteiger partial charge in [-0.3, -0.25) is 0 Å². The van der Waals surface area contributed by atoms with E-state index in [1.807, 2.05) is 31.2 Å². The van der Waals surface area contributed by atoms with Crippen LogP contribution in [0, 0.1) is 13.8 Å². The number of aliphatic hydroxyl groups is 1. The maximum atomic E-state index is 9.54. The van der Waals surface area contributed by atoms with Crippen molar-refractivity contribution in [3.05, 3.63) is 64.7 Å². The van der Waals surface area contributed by atoms with E-state index in [0.717, 1.165) is 16.9 Å². The van der Waals surface area contributed by atoms with Crippen molar-refractivity contribution in [2.45, 2.75) is 33.5 Å². The third kappa shape index (κ3) is 3.58. The molecule has 0 radical (unpaired) electrons. The number of hydrogen-bond acceptors (Lipinski definition) is 2. The van der Waals surface area contributed by atoms with Crippen LogP contribution < -0.4 is 4.74 Å². The van der Waals surface area contributed by atoms with Crippen molar-refractivity contribution in [3.8, 4) is 5.75 Å². The molecular formula is C17H20O2. The molecule has 0 fully saturated rings. The van der Waals surface area contributed by atoms with Gasteiger partial charge < -0.3 is 9.84 Å². The van der Waals surface area contributed by atoms with Crippen LogP contribution in [0.1, 0.15) is 35.3 Å². The van der Waals surface area contributed by atoms with Gasteiger partial charge in [-0.1, -0.05) is 35.9 Å². The number of ether oxygens (including phenoxy) is 1. The summed E-state index contributed by atoms with van der Waals surface area (Å²) < 4.78 is 5.83. The van der Waals surface area contributed by atoms with Crippen molar-refractivity contribution in [1.29, 1.82) is 0 Å². The Hall–Kier alpha value is -1.80. The Kier molecular flexibility index (Phi) is 4.23. The van der Waals surface area contributed by atoms with E-state index in [4.69, 9.17) is 4.74 Å². The van der Waals surface area contributed by atoms with Crippen LogP contribution >= 0.6 is 0 Å². The lowest BCUT2D eigenvalue weighted by molar-refractivity contribution is 0.199. The van der Waals surface area contributed by atoms with Gasteiger partial charge in [-0.05, 0) is 49.6 Å². The molecule has 19 heavy (non-hydrogen) atoms. The lowest BCUT2D eigenvalue weighted by Crippen LogP contribution is -1.99. The molecule has 0 aliphatic carbocycles. The van der Waals surface area contributed by atoms with Crippen LogP contribution in [-0.2, 0) is 6.61 Å². The molecule has 0 aliphatic heterocycles. The molecule has 2 rings (SSSR count). The second-order valence-electron chi connectivity index (χ2n) is 4.98. The Bertz CT molecular complexity index is 559. The topological polar surface area (TPSA) is 29.5 Å². The third-order valence-corrected chi connectivity index (χ3v) is 3.16. The molecule has 0 heterocycles. The fourth-order valence-electron chi connectivity index (χ4n) is 2.06. The number of rotatable bonds is 4. The summed E-state index contributed by atoms with van der Waals surface area (Å²) in [5.74, 6) is 0.867. The van der Waals surface area contributed by atoms with E-state index in [0.29, 0.717) is 6.61 Å². The standard InChI is InChI=1S/C17H20O2/c1-12-5-4-6-15(9-12)11-19-17-8-7-16(14(3)18)10-13(17)2/h4-10,14,18H,11H2,1-3H3. The van der Waals surface area contributed by atoms with Crippen LogP contribution in [0.4, 0.5) is 0 Å². The summed E-state index contributed by atoms with van der Waals surface area (Å²) in [4.78, 5) is 0. The van der Waals surface area contributed by atoms with Crippen LogP contribution in [0.25, 0.3) is 0 Å². The number of aryl methyl sites for hydroxylation is 2. The molecule has 1 N–H and O–H groups in total. The highest BCUT2D eigenvalue weighted by atomic mass is 16.5. The van der Waals surface area contributed by atoms with E-state index in [2.05, 4.69) is 25.1 Å². The van der Waals surface area contributed by atoms with E-state index in [-0.39, 0.29) is 0 Å². The largest absolute Gasteiger partial charge is 0.489 e. The first kappa shape index (κ1) is 13.6. The van der Waals surface area contributed by atoms with Gasteiger partial charge in [0.25, 0.3) is 0 Å². The molecule has 0 amide bonds. The molecule has 1 unspecified atom stereocenters. The van der Waals surface area contributed by atoms with Crippen LogP contribution in [-0.4, -0.2) is 5.11 Å². The summed E-state index contributed by atoms with van der Waals surface area (Å²) in [5, 5.41) is 9.54. The van der Waals surface area contributed by atoms with Gasteiger partial charge >= 0.3 is 0 Å². The second-order valence-corrected chi connectivity index (χ2v) is 4.98. The Morgan fingerprint density at radius 2 is 1.89 bits per heavy atom. The van der Waals surface area contributed by atoms with Gasteiger partial charge in [0.05, 0.1) is 6.10 Å². The van der Waals surface area contributed by atoms with Gasteiger partial charge in [-0.25, -0.2) is 0 Å². The van der Waals surface area contributed by atoms with Gasteiger partial charge in [0.1, 0.15) is 12.4 Å². The fraction of sp³-hybridized carbons (Fsp3) is 0.294. The molecule has 0 spiro atoms. The minimum Gasteiger partial charge on any atom is -0.489 e. The quantitative estimate of drug-likeness (QED) is 0.898. The smallest absolute Gasteiger partial charge is 0.122 e. The maximum absolute atomic E-state index is 9.54. The van der Waals surface area contributed by atoms with Gasteiger partial charge in [0.2, 0.25) is 0 Å². The summed E-state index contributed by atoms with van der Waals surface area (Å²) in [7, 11) is 0. The van der Waals surface area contributed by atoms with E-state index in [9.17, 15) is 5.11 Å². The number of hydrogen-bond donors (Lipinski definition) is 1. The molecule has 2 heteroatoms. The minimum absolute atomic E-state index is 0.440. The summed E-state index contributed by atoms with van der Waals surface area (Å²) in [6.45, 7) is 6.40. The second kappa shape index (κ2) is 5.89. The van der Waals surface area contributed by atoms with Crippen molar-refractivity contribution < 1.29 is 9.84 Å². The average molecular weight is 256 g/mol. The first-order valence-electron chi connectivity index (χ1n) is 6.53. The van der Waals surface area contributed by atoms with Gasteiger partial charge in [-0.2, -0.15) is 0 Å². The summed E-state index contributed by atoms with van der Waals surface area (Å²) >= 11 is 0. The van der Waals surface area contributed by atoms with Crippen molar-refractivity contribution in [2.24, 2.45) is 0 Å². The molecule has 2 nitrogen and oxygen atoms in total. The molecule has 1 atom stereocenters. The molecule has 2 aromatic rings. The lowest BCUT2D eigenvalue weighted by Gasteiger charge is -2.12. The summed E-state index contributed by atoms with van der Waals surface area (Å²) in [5.41, 5.74) is 4.37. The zero-order valence-electron chi connectivity index (χ0n) is 11.7. The summed E-state index contributed by atoms with van der Waals surface area (Å²) in [6.07, 6.45) is -0.440. The first-order chi connectivity index (χ1) is 9.06. The molecule has 2 aromatic carbocycles. The number of benzene rings is 2. The summed E-state index contributed by atoms with van der Waals surface area (Å²) in [6, 6.07) is 14.1. The average Bonchev–Trinajstić information content (AvgIpc) is 2.37. The highest BCUT2D eigenvalue weighted by Crippen LogP contribution is 2.23. The zero-order valence-corrected chi connectivity index (χ0v) is 11.7. The van der Waals surface area contributed by atoms with Crippen molar-refractivity contribution in [1.82, 2.24) is 0 Å². The van der Waals surface area contributed by atoms with E-state index in [1.54, 1.807) is 6.92 Å². The third-order valence-electron chi connectivity index (χ3n) is 3.16. The minimum atomic E-state index is -0.440. The van der Waals surface area contributed by atoms with Crippen LogP contribution in [0.3, 0.4) is 0 Å². The molecule has 0 aliphatic rings. The highest BCUT2D eigenvalue weighted by molar-refractivity contribution is 5.37. The number of aliphatic hydroxyl groups excluding tert-OH is 1. The van der Waals surface area contributed by atoms with Crippen LogP contribution in [0.2, 0.25) is 0 Å². The SMILES string of the molecule is Cc1cccc(COc2ccc(C(C)O)cc2C)c1. The van der Waals surface area contributed by atoms with Crippen molar-refractivity contribution in [3.63, 3.8) is 0 Å². The van der Waals surface area contributed by atoms with Crippen LogP contribution in [0.15, 0.2) is 42.5 Å². The van der Waals surface area contributed by atoms with Crippen molar-refractivity contribution >= 4 is 0 Å². The Labute approximate surface area is 114 Å². The predicted octanol–water partition coefficient (Wildman–Crippen LogP) is 3.94. The van der Waals surface area contributed by atoms with Gasteiger partial charge in [-0.15, -0.1) is 0 Å². The maximum Gasteiger partial charge on any atom is 0.122 e. The Balaban J connectivity index is 2.07. The molecule has 0 aromatic heterocycles. The first-order valence-corrected chi connectivity index (χ1v) is 6.53. The highest BCUT2D eigenvalue weighted by Gasteiger charge is 2.05. The molecule has 0 saturated heterocycles. The molecular weight excluding hydrogens is 236 g/mol. The zero-order chi connectivity index (χ0) is 13.8. The van der Waals surface area contributed by atoms with Gasteiger partial charge in [0.15, 0.2) is 0 Å². The van der Waals surface area contributed by atoms with E-state index in [1.165, 1.54) is 11.1 Å². The van der Waals surface area contributed by atoms with Crippen molar-refractivity contribution in [2.75, 3.05) is 0 Å². The molecule has 0 bridgehead atoms. The Morgan fingerprint density at radius 3 is 2.53 bits per heavy atom. The predicted molar refractivity (Wildman–Crippen MR) is 77.3 cm³/mol. The van der Waals surface area contributed by atoms with Crippen LogP contribution in [0.5, 0.6) is 5.75 Å². The molecule has 100 valence electrons. The monoisotopic (exact) mass is 256 g/mol.